The maximum absolute atomic E-state index is 12.8. The van der Waals surface area contributed by atoms with E-state index in [1.807, 2.05) is 11.8 Å². The Bertz CT molecular complexity index is 362. The van der Waals surface area contributed by atoms with Gasteiger partial charge in [0, 0.05) is 31.0 Å². The topological polar surface area (TPSA) is 55.6 Å². The molecule has 1 amide bonds. The van der Waals surface area contributed by atoms with E-state index in [1.165, 1.54) is 6.42 Å². The fourth-order valence-corrected chi connectivity index (χ4v) is 3.45. The minimum absolute atomic E-state index is 0. The molecule has 2 rings (SSSR count). The van der Waals surface area contributed by atoms with Gasteiger partial charge >= 0.3 is 0 Å². The van der Waals surface area contributed by atoms with Crippen LogP contribution in [0.25, 0.3) is 0 Å². The summed E-state index contributed by atoms with van der Waals surface area (Å²) in [6.07, 6.45) is 4.16. The van der Waals surface area contributed by atoms with Crippen molar-refractivity contribution in [3.63, 3.8) is 0 Å². The minimum atomic E-state index is -0.752. The molecule has 2 fully saturated rings. The molecule has 20 heavy (non-hydrogen) atoms. The van der Waals surface area contributed by atoms with Crippen molar-refractivity contribution in [3.8, 4) is 0 Å². The fourth-order valence-electron chi connectivity index (χ4n) is 3.45. The molecule has 2 N–H and O–H groups in total. The lowest BCUT2D eigenvalue weighted by Gasteiger charge is -2.59. The Kier molecular flexibility index (Phi) is 5.50. The second-order valence-electron chi connectivity index (χ2n) is 6.68. The van der Waals surface area contributed by atoms with E-state index in [2.05, 4.69) is 20.8 Å². The van der Waals surface area contributed by atoms with Crippen LogP contribution in [0.5, 0.6) is 0 Å². The second kappa shape index (κ2) is 6.20. The lowest BCUT2D eigenvalue weighted by Crippen LogP contribution is -2.76. The van der Waals surface area contributed by atoms with Gasteiger partial charge in [0.05, 0.1) is 6.10 Å². The predicted molar refractivity (Wildman–Crippen MR) is 83.0 cm³/mol. The smallest absolute Gasteiger partial charge is 0.243 e. The number of hydrogen-bond acceptors (Lipinski definition) is 3. The van der Waals surface area contributed by atoms with Gasteiger partial charge in [0.25, 0.3) is 0 Å². The summed E-state index contributed by atoms with van der Waals surface area (Å²) in [7, 11) is 0. The van der Waals surface area contributed by atoms with E-state index in [0.717, 1.165) is 19.4 Å². The molecule has 118 valence electrons. The van der Waals surface area contributed by atoms with E-state index in [9.17, 15) is 4.79 Å². The van der Waals surface area contributed by atoms with Gasteiger partial charge in [-0.15, -0.1) is 12.4 Å². The number of halogens is 1. The summed E-state index contributed by atoms with van der Waals surface area (Å²) in [6, 6.07) is 0.323. The zero-order valence-corrected chi connectivity index (χ0v) is 14.0. The first-order chi connectivity index (χ1) is 8.84. The van der Waals surface area contributed by atoms with Gasteiger partial charge in [0.15, 0.2) is 0 Å². The van der Waals surface area contributed by atoms with Crippen molar-refractivity contribution < 1.29 is 9.53 Å². The molecule has 0 bridgehead atoms. The van der Waals surface area contributed by atoms with Gasteiger partial charge in [-0.2, -0.15) is 0 Å². The maximum Gasteiger partial charge on any atom is 0.243 e. The first-order valence-corrected chi connectivity index (χ1v) is 7.56. The number of piperidine rings is 1. The highest BCUT2D eigenvalue weighted by atomic mass is 35.5. The van der Waals surface area contributed by atoms with Crippen molar-refractivity contribution in [1.29, 1.82) is 0 Å². The second-order valence-corrected chi connectivity index (χ2v) is 6.68. The van der Waals surface area contributed by atoms with Crippen LogP contribution in [0.4, 0.5) is 0 Å². The molecule has 1 aliphatic heterocycles. The molecule has 1 aliphatic carbocycles. The normalized spacial score (nSPS) is 36.0. The Morgan fingerprint density at radius 1 is 1.40 bits per heavy atom. The van der Waals surface area contributed by atoms with Gasteiger partial charge < -0.3 is 15.4 Å². The van der Waals surface area contributed by atoms with E-state index < -0.39 is 5.54 Å². The molecule has 0 aromatic heterocycles. The molecule has 1 saturated heterocycles. The summed E-state index contributed by atoms with van der Waals surface area (Å²) in [6.45, 7) is 9.77. The molecule has 1 heterocycles. The molecule has 0 aromatic carbocycles. The van der Waals surface area contributed by atoms with Crippen molar-refractivity contribution >= 4 is 18.3 Å². The molecule has 1 saturated carbocycles. The van der Waals surface area contributed by atoms with E-state index in [4.69, 9.17) is 10.5 Å². The molecule has 0 aromatic rings. The van der Waals surface area contributed by atoms with Crippen LogP contribution in [0.3, 0.4) is 0 Å². The predicted octanol–water partition coefficient (Wildman–Crippen LogP) is 2.34. The number of carbonyl (C=O) groups is 1. The quantitative estimate of drug-likeness (QED) is 0.871. The van der Waals surface area contributed by atoms with Gasteiger partial charge in [-0.1, -0.05) is 13.8 Å². The zero-order chi connectivity index (χ0) is 14.3. The molecular formula is C15H29ClN2O2. The summed E-state index contributed by atoms with van der Waals surface area (Å²) in [5, 5.41) is 0. The molecule has 0 spiro atoms. The fraction of sp³-hybridized carbons (Fsp3) is 0.933. The Hall–Kier alpha value is -0.320. The van der Waals surface area contributed by atoms with Gasteiger partial charge in [-0.25, -0.2) is 0 Å². The van der Waals surface area contributed by atoms with Crippen LogP contribution in [0.2, 0.25) is 0 Å². The van der Waals surface area contributed by atoms with Crippen molar-refractivity contribution in [3.05, 3.63) is 0 Å². The van der Waals surface area contributed by atoms with E-state index >= 15 is 0 Å². The minimum Gasteiger partial charge on any atom is -0.378 e. The highest BCUT2D eigenvalue weighted by molar-refractivity contribution is 5.89. The summed E-state index contributed by atoms with van der Waals surface area (Å²) in [5.74, 6) is 0.126. The lowest BCUT2D eigenvalue weighted by molar-refractivity contribution is -0.181. The van der Waals surface area contributed by atoms with Crippen LogP contribution >= 0.6 is 12.4 Å². The third kappa shape index (κ3) is 2.58. The Morgan fingerprint density at radius 2 is 2.05 bits per heavy atom. The Labute approximate surface area is 128 Å². The first-order valence-electron chi connectivity index (χ1n) is 7.56. The van der Waals surface area contributed by atoms with Gasteiger partial charge in [0.1, 0.15) is 5.54 Å². The molecule has 2 aliphatic rings. The van der Waals surface area contributed by atoms with Crippen LogP contribution in [0.15, 0.2) is 0 Å². The van der Waals surface area contributed by atoms with Gasteiger partial charge in [-0.3, -0.25) is 4.79 Å². The molecule has 5 heteroatoms. The monoisotopic (exact) mass is 304 g/mol. The average molecular weight is 305 g/mol. The molecular weight excluding hydrogens is 276 g/mol. The molecule has 3 atom stereocenters. The van der Waals surface area contributed by atoms with Crippen LogP contribution in [0.1, 0.15) is 53.4 Å². The zero-order valence-electron chi connectivity index (χ0n) is 13.1. The van der Waals surface area contributed by atoms with Crippen molar-refractivity contribution in [1.82, 2.24) is 4.90 Å². The Morgan fingerprint density at radius 3 is 2.55 bits per heavy atom. The van der Waals surface area contributed by atoms with E-state index in [0.29, 0.717) is 19.1 Å². The summed E-state index contributed by atoms with van der Waals surface area (Å²) in [5.41, 5.74) is 5.43. The van der Waals surface area contributed by atoms with Crippen LogP contribution in [0, 0.1) is 5.41 Å². The van der Waals surface area contributed by atoms with Gasteiger partial charge in [0.2, 0.25) is 5.91 Å². The largest absolute Gasteiger partial charge is 0.378 e. The number of nitrogens with two attached hydrogens (primary N) is 1. The standard InChI is InChI=1S/C15H28N2O2.ClH/c1-5-19-12-10-15(16,14(12,3)4)13(18)17-9-7-6-8-11(17)2;/h11-12H,5-10,16H2,1-4H3;1H. The molecule has 3 unspecified atom stereocenters. The number of rotatable bonds is 3. The number of ether oxygens (including phenoxy) is 1. The van der Waals surface area contributed by atoms with Crippen LogP contribution in [-0.2, 0) is 9.53 Å². The van der Waals surface area contributed by atoms with E-state index in [1.54, 1.807) is 0 Å². The average Bonchev–Trinajstić information content (AvgIpc) is 2.38. The summed E-state index contributed by atoms with van der Waals surface area (Å²) >= 11 is 0. The summed E-state index contributed by atoms with van der Waals surface area (Å²) in [4.78, 5) is 14.8. The number of carbonyl (C=O) groups excluding carboxylic acids is 1. The number of amides is 1. The SMILES string of the molecule is CCOC1CC(N)(C(=O)N2CCCCC2C)C1(C)C.Cl. The van der Waals surface area contributed by atoms with Crippen LogP contribution in [-0.4, -0.2) is 41.6 Å². The van der Waals surface area contributed by atoms with E-state index in [-0.39, 0.29) is 29.8 Å². The van der Waals surface area contributed by atoms with Gasteiger partial charge in [-0.05, 0) is 33.1 Å². The molecule has 4 nitrogen and oxygen atoms in total. The highest BCUT2D eigenvalue weighted by Crippen LogP contribution is 2.51. The number of hydrogen-bond donors (Lipinski definition) is 1. The van der Waals surface area contributed by atoms with Crippen LogP contribution < -0.4 is 5.73 Å². The Balaban J connectivity index is 0.00000200. The maximum atomic E-state index is 12.8. The molecule has 0 radical (unpaired) electrons. The van der Waals surface area contributed by atoms with Crippen molar-refractivity contribution in [2.24, 2.45) is 11.1 Å². The highest BCUT2D eigenvalue weighted by Gasteiger charge is 2.64. The number of nitrogens with zero attached hydrogens (tertiary/aromatic N) is 1. The first kappa shape index (κ1) is 17.7. The third-order valence-corrected chi connectivity index (χ3v) is 5.28. The van der Waals surface area contributed by atoms with Crippen molar-refractivity contribution in [2.45, 2.75) is 71.1 Å². The van der Waals surface area contributed by atoms with Crippen molar-refractivity contribution in [2.75, 3.05) is 13.2 Å². The number of likely N-dealkylation sites (tertiary alicyclic amines) is 1. The lowest BCUT2D eigenvalue weighted by atomic mass is 9.54. The third-order valence-electron chi connectivity index (χ3n) is 5.28. The summed E-state index contributed by atoms with van der Waals surface area (Å²) < 4.78 is 5.70.